The molecule has 27 nitrogen and oxygen atoms in total. The summed E-state index contributed by atoms with van der Waals surface area (Å²) >= 11 is 0. The van der Waals surface area contributed by atoms with Crippen LogP contribution >= 0.6 is 7.82 Å². The molecular weight excluding hydrogens is 1180 g/mol. The van der Waals surface area contributed by atoms with Gasteiger partial charge in [-0.25, -0.2) is 9.55 Å². The van der Waals surface area contributed by atoms with Crippen LogP contribution in [0.5, 0.6) is 0 Å². The van der Waals surface area contributed by atoms with Crippen molar-refractivity contribution in [1.82, 2.24) is 20.2 Å². The summed E-state index contributed by atoms with van der Waals surface area (Å²) in [6.45, 7) is 19.3. The summed E-state index contributed by atoms with van der Waals surface area (Å²) in [5.41, 5.74) is 37.4. The second kappa shape index (κ2) is 25.6. The van der Waals surface area contributed by atoms with E-state index in [1.807, 2.05) is 87.4 Å². The lowest BCUT2D eigenvalue weighted by molar-refractivity contribution is -0.124. The molecule has 492 valence electrons. The minimum absolute atomic E-state index is 0.0114. The first-order valence-electron chi connectivity index (χ1n) is 30.6. The molecule has 0 spiro atoms. The Balaban J connectivity index is 1.19. The quantitative estimate of drug-likeness (QED) is 0.0603. The van der Waals surface area contributed by atoms with Crippen LogP contribution in [0.2, 0.25) is 0 Å². The Morgan fingerprint density at radius 2 is 1.40 bits per heavy atom. The van der Waals surface area contributed by atoms with Crippen LogP contribution in [0.25, 0.3) is 11.0 Å². The minimum atomic E-state index is -5.07. The fourth-order valence-electron chi connectivity index (χ4n) is 15.4. The zero-order chi connectivity index (χ0) is 66.7. The highest BCUT2D eigenvalue weighted by Crippen LogP contribution is 2.63. The molecule has 0 saturated carbocycles. The molecule has 15 atom stereocenters. The molecule has 90 heavy (non-hydrogen) atoms. The van der Waals surface area contributed by atoms with Crippen molar-refractivity contribution in [3.63, 3.8) is 0 Å². The van der Waals surface area contributed by atoms with Crippen LogP contribution in [0, 0.1) is 59.2 Å². The molecule has 2 fully saturated rings. The molecule has 3 unspecified atom stereocenters. The highest BCUT2D eigenvalue weighted by molar-refractivity contribution is 7.47. The molecule has 0 aliphatic carbocycles. The minimum Gasteiger partial charge on any atom is -0.394 e. The second-order valence-corrected chi connectivity index (χ2v) is 28.4. The Morgan fingerprint density at radius 3 is 1.99 bits per heavy atom. The number of benzene rings is 1. The van der Waals surface area contributed by atoms with E-state index in [0.29, 0.717) is 56.4 Å². The van der Waals surface area contributed by atoms with Gasteiger partial charge in [-0.15, -0.1) is 0 Å². The second-order valence-electron chi connectivity index (χ2n) is 27.1. The number of aliphatic hydroxyl groups is 2. The number of ether oxygens (including phenoxy) is 1. The van der Waals surface area contributed by atoms with Crippen LogP contribution in [-0.4, -0.2) is 132 Å². The lowest BCUT2D eigenvalue weighted by Gasteiger charge is -2.48. The van der Waals surface area contributed by atoms with Gasteiger partial charge in [0.1, 0.15) is 18.3 Å². The highest BCUT2D eigenvalue weighted by Gasteiger charge is 2.66. The molecule has 6 aliphatic heterocycles. The van der Waals surface area contributed by atoms with Crippen LogP contribution in [0.15, 0.2) is 67.8 Å². The Labute approximate surface area is 523 Å². The highest BCUT2D eigenvalue weighted by atomic mass is 31.2. The Morgan fingerprint density at radius 1 is 0.800 bits per heavy atom. The van der Waals surface area contributed by atoms with Crippen LogP contribution in [0.4, 0.5) is 0 Å². The number of hydrogen-bond donors (Lipinski definition) is 11. The van der Waals surface area contributed by atoms with Gasteiger partial charge in [0, 0.05) is 131 Å². The number of hydrogen-bond acceptors (Lipinski definition) is 18. The fraction of sp³-hybridized carbons (Fsp3) is 0.629. The molecule has 2 aromatic rings. The third kappa shape index (κ3) is 13.0. The fourth-order valence-corrected chi connectivity index (χ4v) is 16.6. The molecule has 7 heterocycles. The van der Waals surface area contributed by atoms with Gasteiger partial charge in [-0.2, -0.15) is 0 Å². The molecule has 1 aromatic heterocycles. The number of imidazole rings is 1. The predicted molar refractivity (Wildman–Crippen MR) is 334 cm³/mol. The largest absolute Gasteiger partial charge is 0.472 e. The Hall–Kier alpha value is -7.00. The first kappa shape index (κ1) is 68.9. The van der Waals surface area contributed by atoms with E-state index in [9.17, 15) is 53.2 Å². The van der Waals surface area contributed by atoms with Crippen LogP contribution < -0.4 is 45.0 Å². The van der Waals surface area contributed by atoms with E-state index in [4.69, 9.17) is 63.2 Å². The van der Waals surface area contributed by atoms with E-state index in [2.05, 4.69) is 15.6 Å². The Bertz CT molecular complexity index is 3540. The van der Waals surface area contributed by atoms with Gasteiger partial charge >= 0.3 is 7.82 Å². The summed E-state index contributed by atoms with van der Waals surface area (Å²) in [4.78, 5) is 126. The summed E-state index contributed by atoms with van der Waals surface area (Å²) in [7, 11) is -5.07. The van der Waals surface area contributed by atoms with E-state index >= 15 is 0 Å². The average Bonchev–Trinajstić information content (AvgIpc) is 1.53. The number of primary amides is 6. The van der Waals surface area contributed by atoms with Gasteiger partial charge in [-0.3, -0.25) is 57.6 Å². The number of phosphoric ester groups is 1. The number of allylic oxidation sites excluding steroid dienone is 6. The Kier molecular flexibility index (Phi) is 19.6. The molecule has 8 bridgehead atoms. The maximum absolute atomic E-state index is 14.4. The number of carbonyl (C=O) groups is 7. The number of aliphatic hydroxyl groups excluding tert-OH is 2. The van der Waals surface area contributed by atoms with Crippen molar-refractivity contribution < 1.29 is 67.0 Å². The zero-order valence-corrected chi connectivity index (χ0v) is 54.1. The number of nitrogens with one attached hydrogen (secondary N) is 2. The van der Waals surface area contributed by atoms with E-state index in [0.717, 1.165) is 11.1 Å². The number of nitrogens with zero attached hydrogens (tertiary/aromatic N) is 5. The number of rotatable bonds is 26. The summed E-state index contributed by atoms with van der Waals surface area (Å²) < 4.78 is 32.3. The van der Waals surface area contributed by atoms with E-state index in [-0.39, 0.29) is 77.2 Å². The number of nitrogens with two attached hydrogens (primary N) is 6. The van der Waals surface area contributed by atoms with E-state index in [1.54, 1.807) is 4.57 Å². The third-order valence-corrected chi connectivity index (χ3v) is 21.7. The molecule has 7 amide bonds. The van der Waals surface area contributed by atoms with Crippen molar-refractivity contribution in [3.05, 3.63) is 63.9 Å². The summed E-state index contributed by atoms with van der Waals surface area (Å²) in [5, 5.41) is 28.2. The van der Waals surface area contributed by atoms with Gasteiger partial charge in [-0.05, 0) is 108 Å². The number of amides is 7. The molecule has 6 aliphatic rings. The summed E-state index contributed by atoms with van der Waals surface area (Å²) in [6, 6.07) is 2.70. The van der Waals surface area contributed by atoms with Crippen molar-refractivity contribution in [1.29, 1.82) is 0 Å². The third-order valence-electron chi connectivity index (χ3n) is 20.6. The summed E-state index contributed by atoms with van der Waals surface area (Å²) in [5.74, 6) is -7.18. The van der Waals surface area contributed by atoms with E-state index < -0.39 is 143 Å². The van der Waals surface area contributed by atoms with Gasteiger partial charge in [0.15, 0.2) is 6.23 Å². The van der Waals surface area contributed by atoms with Crippen LogP contribution in [0.1, 0.15) is 150 Å². The molecule has 1 aromatic carbocycles. The van der Waals surface area contributed by atoms with Crippen molar-refractivity contribution in [3.8, 4) is 0 Å². The van der Waals surface area contributed by atoms with Gasteiger partial charge in [0.2, 0.25) is 41.4 Å². The number of carbonyl (C=O) groups excluding carboxylic acids is 7. The van der Waals surface area contributed by atoms with Crippen molar-refractivity contribution in [2.24, 2.45) is 94.7 Å². The molecule has 17 N–H and O–H groups in total. The van der Waals surface area contributed by atoms with Crippen molar-refractivity contribution >= 4 is 77.3 Å². The van der Waals surface area contributed by atoms with Crippen molar-refractivity contribution in [2.75, 3.05) is 13.2 Å². The number of phosphoric acid groups is 1. The van der Waals surface area contributed by atoms with Crippen LogP contribution in [-0.2, 0) is 51.9 Å². The monoisotopic (exact) mass is 1270 g/mol. The SMILES string of the molecule is C/C1=C2N=C(/C=C3\N/C(=C(/C)C4=NC(C)(C5N=C1[C@](C)(CCC(=O)NC[C@@H](C)OP(=O)(O)O[C@H]1[C@@H](O)[C@@H](n6cnc7cc(C)c(C)cc76)O[C@@H]1CO)[C@H]5CC(N)=O)[C@@](C)(CC(N)=O)[C@@H]4CCC(N)=O)[C@@](C)(CC(N)=O)[C@@H]3CCC(N)=O)C(C)(C)[C@H]/2CCC(N)=O. The number of aryl methyl sites for hydroxylation is 2. The van der Waals surface area contributed by atoms with Crippen molar-refractivity contribution in [2.45, 2.75) is 189 Å². The maximum Gasteiger partial charge on any atom is 0.472 e. The lowest BCUT2D eigenvalue weighted by Crippen LogP contribution is -2.56. The molecule has 0 radical (unpaired) electrons. The first-order valence-corrected chi connectivity index (χ1v) is 32.1. The standard InChI is InChI=1S/C62H90N13O14P/c1-29-20-39-40(21-30(29)2)75(28-70-39)57-52(84)53(41(27-76)87-57)89-90(85,86)88-31(3)26-69-49(83)18-19-59(8)37(22-46(66)80)56-62(11)61(10,25-48(68)82)36(14-17-45(65)79)51(74-62)33(5)55-60(9,24-47(67)81)34(12-15-43(63)77)38(71-55)23-42-58(6,7)35(13-16-44(64)78)50(72-42)32(4)54(59)73-56/h20-21,23,28,31,34-37,41,52-53,56-57,71,76,84H,12-19,22,24-27H2,1-11H3,(H2,63,77)(H2,64,78)(H2,65,79)(H2,66,80)(H2,67,81)(H2,68,82)(H,69,83)(H,85,86)/b38-23-,50-32-,55-33-/t31-,34-,35+,36-,37+,41-,52-,53-,56?,57+,59-,60+,61+,62?/m1/s1. The first-order chi connectivity index (χ1) is 41.8. The van der Waals surface area contributed by atoms with E-state index in [1.165, 1.54) is 13.3 Å². The predicted octanol–water partition coefficient (Wildman–Crippen LogP) is 3.16. The topological polar surface area (TPSA) is 460 Å². The van der Waals surface area contributed by atoms with Gasteiger partial charge in [0.05, 0.1) is 41.7 Å². The zero-order valence-electron chi connectivity index (χ0n) is 53.3. The normalized spacial score (nSPS) is 34.2. The smallest absolute Gasteiger partial charge is 0.394 e. The number of aliphatic imine (C=N–C) groups is 3. The van der Waals surface area contributed by atoms with Gasteiger partial charge < -0.3 is 69.4 Å². The average molecular weight is 1270 g/mol. The number of aromatic nitrogens is 2. The maximum atomic E-state index is 14.4. The number of fused-ring (bicyclic) bond motifs is 7. The molecular formula is C62H90N13O14P. The summed E-state index contributed by atoms with van der Waals surface area (Å²) in [6.07, 6.45) is -4.26. The molecule has 8 rings (SSSR count). The van der Waals surface area contributed by atoms with Gasteiger partial charge in [0.25, 0.3) is 0 Å². The molecule has 28 heteroatoms. The lowest BCUT2D eigenvalue weighted by atomic mass is 9.55. The van der Waals surface area contributed by atoms with Crippen LogP contribution in [0.3, 0.4) is 0 Å². The molecule has 2 saturated heterocycles. The van der Waals surface area contributed by atoms with Gasteiger partial charge in [-0.1, -0.05) is 34.6 Å².